The van der Waals surface area contributed by atoms with Gasteiger partial charge in [0.1, 0.15) is 0 Å². The van der Waals surface area contributed by atoms with Gasteiger partial charge in [-0.1, -0.05) is 124 Å². The van der Waals surface area contributed by atoms with Gasteiger partial charge in [0.05, 0.1) is 11.1 Å². The third-order valence-electron chi connectivity index (χ3n) is 17.4. The average Bonchev–Trinajstić information content (AvgIpc) is 3.73. The standard InChI is InChI=1S/C53H49BN2/c1-31-27-32(2)46-43(28-31)56(52(5)25-12-11-24-51(46,52)4)34-29-37-47-45-39(50(3)26-23-33-15-7-9-18-38(33)53(47,50)6)19-14-20-40(45)54-41-21-13-17-36-35-16-8-10-22-42(35)55(49(36)41)44(30-34)48(37)54/h7-10,13-22,27-30,47H,11-12,23-26H2,1-6H3. The first-order valence-electron chi connectivity index (χ1n) is 21.4. The Morgan fingerprint density at radius 2 is 1.41 bits per heavy atom. The summed E-state index contributed by atoms with van der Waals surface area (Å²) in [5.41, 5.74) is 23.7. The fraction of sp³-hybridized carbons (Fsp3) is 0.321. The summed E-state index contributed by atoms with van der Waals surface area (Å²) in [4.78, 5) is 2.88. The maximum Gasteiger partial charge on any atom is 0.247 e. The second-order valence-corrected chi connectivity index (χ2v) is 19.6. The van der Waals surface area contributed by atoms with E-state index in [0.29, 0.717) is 0 Å². The van der Waals surface area contributed by atoms with Gasteiger partial charge in [-0.2, -0.15) is 0 Å². The monoisotopic (exact) mass is 724 g/mol. The van der Waals surface area contributed by atoms with Crippen LogP contribution in [0.4, 0.5) is 11.4 Å². The number of hydrogen-bond donors (Lipinski definition) is 0. The number of anilines is 2. The van der Waals surface area contributed by atoms with Crippen LogP contribution in [0.2, 0.25) is 0 Å². The minimum atomic E-state index is -0.0952. The Bertz CT molecular complexity index is 2950. The molecule has 0 spiro atoms. The molecular formula is C53H49BN2. The lowest BCUT2D eigenvalue weighted by Gasteiger charge is -2.52. The van der Waals surface area contributed by atoms with Crippen molar-refractivity contribution in [2.45, 2.75) is 108 Å². The highest BCUT2D eigenvalue weighted by Gasteiger charge is 2.64. The highest BCUT2D eigenvalue weighted by Crippen LogP contribution is 2.67. The predicted molar refractivity (Wildman–Crippen MR) is 235 cm³/mol. The first kappa shape index (κ1) is 32.1. The van der Waals surface area contributed by atoms with Gasteiger partial charge in [-0.3, -0.25) is 0 Å². The van der Waals surface area contributed by atoms with E-state index < -0.39 is 0 Å². The van der Waals surface area contributed by atoms with Crippen LogP contribution < -0.4 is 21.3 Å². The van der Waals surface area contributed by atoms with Crippen LogP contribution >= 0.6 is 0 Å². The first-order chi connectivity index (χ1) is 27.1. The van der Waals surface area contributed by atoms with Crippen molar-refractivity contribution in [3.8, 4) is 5.69 Å². The van der Waals surface area contributed by atoms with Crippen LogP contribution in [0, 0.1) is 13.8 Å². The van der Waals surface area contributed by atoms with Gasteiger partial charge in [-0.25, -0.2) is 0 Å². The molecule has 1 saturated carbocycles. The lowest BCUT2D eigenvalue weighted by molar-refractivity contribution is 0.194. The molecule has 13 rings (SSSR count). The van der Waals surface area contributed by atoms with Gasteiger partial charge >= 0.3 is 0 Å². The summed E-state index contributed by atoms with van der Waals surface area (Å²) in [5, 5.41) is 2.72. The smallest absolute Gasteiger partial charge is 0.247 e. The Kier molecular flexibility index (Phi) is 5.79. The first-order valence-corrected chi connectivity index (χ1v) is 21.4. The molecule has 0 amide bonds. The van der Waals surface area contributed by atoms with E-state index in [-0.39, 0.29) is 34.4 Å². The highest BCUT2D eigenvalue weighted by molar-refractivity contribution is 6.99. The maximum absolute atomic E-state index is 2.88. The molecular weight excluding hydrogens is 675 g/mol. The summed E-state index contributed by atoms with van der Waals surface area (Å²) < 4.78 is 2.69. The molecule has 6 aliphatic rings. The van der Waals surface area contributed by atoms with Crippen molar-refractivity contribution >= 4 is 56.3 Å². The molecule has 1 fully saturated rings. The molecule has 56 heavy (non-hydrogen) atoms. The van der Waals surface area contributed by atoms with Crippen LogP contribution in [0.1, 0.15) is 110 Å². The zero-order valence-electron chi connectivity index (χ0n) is 33.7. The normalized spacial score (nSPS) is 28.5. The summed E-state index contributed by atoms with van der Waals surface area (Å²) in [7, 11) is 0. The van der Waals surface area contributed by atoms with E-state index in [1.807, 2.05) is 0 Å². The van der Waals surface area contributed by atoms with Crippen molar-refractivity contribution in [1.82, 2.24) is 4.57 Å². The molecule has 3 aliphatic heterocycles. The van der Waals surface area contributed by atoms with E-state index in [4.69, 9.17) is 0 Å². The van der Waals surface area contributed by atoms with E-state index in [1.54, 1.807) is 33.4 Å². The molecule has 0 bridgehead atoms. The molecule has 5 atom stereocenters. The third kappa shape index (κ3) is 3.33. The number of fused-ring (bicyclic) bond motifs is 15. The summed E-state index contributed by atoms with van der Waals surface area (Å²) in [6.45, 7) is 15.4. The molecule has 1 aromatic heterocycles. The molecule has 5 unspecified atom stereocenters. The average molecular weight is 725 g/mol. The van der Waals surface area contributed by atoms with Crippen LogP contribution in [0.15, 0.2) is 109 Å². The zero-order valence-corrected chi connectivity index (χ0v) is 33.7. The van der Waals surface area contributed by atoms with Gasteiger partial charge in [0.2, 0.25) is 6.71 Å². The van der Waals surface area contributed by atoms with Crippen molar-refractivity contribution in [3.63, 3.8) is 0 Å². The quantitative estimate of drug-likeness (QED) is 0.153. The van der Waals surface area contributed by atoms with Crippen molar-refractivity contribution in [1.29, 1.82) is 0 Å². The van der Waals surface area contributed by atoms with Crippen LogP contribution in [0.5, 0.6) is 0 Å². The zero-order chi connectivity index (χ0) is 37.7. The van der Waals surface area contributed by atoms with Crippen LogP contribution in [0.3, 0.4) is 0 Å². The van der Waals surface area contributed by atoms with Crippen molar-refractivity contribution in [2.24, 2.45) is 0 Å². The van der Waals surface area contributed by atoms with E-state index in [0.717, 1.165) is 6.42 Å². The third-order valence-corrected chi connectivity index (χ3v) is 17.4. The van der Waals surface area contributed by atoms with Gasteiger partial charge in [0.25, 0.3) is 0 Å². The number of aryl methyl sites for hydroxylation is 3. The van der Waals surface area contributed by atoms with Crippen LogP contribution in [0.25, 0.3) is 27.5 Å². The molecule has 0 N–H and O–H groups in total. The van der Waals surface area contributed by atoms with Gasteiger partial charge in [0.15, 0.2) is 0 Å². The van der Waals surface area contributed by atoms with Crippen molar-refractivity contribution in [3.05, 3.63) is 154 Å². The van der Waals surface area contributed by atoms with E-state index in [1.165, 1.54) is 98.5 Å². The summed E-state index contributed by atoms with van der Waals surface area (Å²) in [6, 6.07) is 43.7. The molecule has 3 aliphatic carbocycles. The molecule has 7 aromatic rings. The topological polar surface area (TPSA) is 8.17 Å². The number of rotatable bonds is 1. The maximum atomic E-state index is 2.88. The summed E-state index contributed by atoms with van der Waals surface area (Å²) in [6.07, 6.45) is 7.32. The number of benzene rings is 6. The Morgan fingerprint density at radius 3 is 2.30 bits per heavy atom. The van der Waals surface area contributed by atoms with Crippen LogP contribution in [-0.2, 0) is 22.7 Å². The molecule has 4 heterocycles. The number of nitrogens with zero attached hydrogens (tertiary/aromatic N) is 2. The van der Waals surface area contributed by atoms with Gasteiger partial charge < -0.3 is 9.47 Å². The van der Waals surface area contributed by atoms with Crippen molar-refractivity contribution in [2.75, 3.05) is 4.90 Å². The van der Waals surface area contributed by atoms with Gasteiger partial charge in [-0.15, -0.1) is 0 Å². The fourth-order valence-corrected chi connectivity index (χ4v) is 14.8. The second kappa shape index (κ2) is 10.1. The van der Waals surface area contributed by atoms with E-state index in [9.17, 15) is 0 Å². The Labute approximate surface area is 331 Å². The Balaban J connectivity index is 1.21. The Hall–Kier alpha value is -5.02. The number of hydrogen-bond acceptors (Lipinski definition) is 1. The largest absolute Gasteiger partial charge is 0.334 e. The molecule has 6 aromatic carbocycles. The van der Waals surface area contributed by atoms with Gasteiger partial charge in [-0.05, 0) is 126 Å². The van der Waals surface area contributed by atoms with Gasteiger partial charge in [0, 0.05) is 55.5 Å². The highest BCUT2D eigenvalue weighted by atomic mass is 15.3. The van der Waals surface area contributed by atoms with E-state index >= 15 is 0 Å². The summed E-state index contributed by atoms with van der Waals surface area (Å²) in [5.74, 6) is 0.250. The minimum absolute atomic E-state index is 0.0180. The molecule has 274 valence electrons. The molecule has 3 heteroatoms. The van der Waals surface area contributed by atoms with E-state index in [2.05, 4.69) is 160 Å². The molecule has 0 radical (unpaired) electrons. The van der Waals surface area contributed by atoms with Crippen molar-refractivity contribution < 1.29 is 0 Å². The lowest BCUT2D eigenvalue weighted by Crippen LogP contribution is -2.62. The fourth-order valence-electron chi connectivity index (χ4n) is 14.8. The lowest BCUT2D eigenvalue weighted by atomic mass is 9.31. The summed E-state index contributed by atoms with van der Waals surface area (Å²) >= 11 is 0. The number of aromatic nitrogens is 1. The molecule has 0 saturated heterocycles. The minimum Gasteiger partial charge on any atom is -0.334 e. The predicted octanol–water partition coefficient (Wildman–Crippen LogP) is 10.6. The SMILES string of the molecule is Cc1cc(C)c2c(c1)N(c1cc3c4c(c1)-n1c5ccccc5c5cccc(c51)B4c1cccc4c1C3C1(C)c3ccccc3CCC41C)C1(C)CCCCC21C. The van der Waals surface area contributed by atoms with Crippen LogP contribution in [-0.4, -0.2) is 16.8 Å². The molecule has 2 nitrogen and oxygen atoms in total. The Morgan fingerprint density at radius 1 is 0.661 bits per heavy atom. The number of para-hydroxylation sites is 2. The second-order valence-electron chi connectivity index (χ2n) is 19.6.